The molecule has 0 amide bonds. The van der Waals surface area contributed by atoms with Gasteiger partial charge in [-0.1, -0.05) is 109 Å². The van der Waals surface area contributed by atoms with Gasteiger partial charge in [-0.15, -0.1) is 0 Å². The van der Waals surface area contributed by atoms with Crippen molar-refractivity contribution in [3.8, 4) is 0 Å². The third-order valence-corrected chi connectivity index (χ3v) is 11.6. The van der Waals surface area contributed by atoms with Gasteiger partial charge in [0.2, 0.25) is 0 Å². The highest BCUT2D eigenvalue weighted by Crippen LogP contribution is 2.43. The van der Waals surface area contributed by atoms with E-state index in [0.29, 0.717) is 0 Å². The fraction of sp³-hybridized carbons (Fsp3) is 0. The first-order chi connectivity index (χ1) is 21.7. The number of aromatic nitrogens is 4. The molecule has 3 heterocycles. The Bertz CT molecular complexity index is 2600. The number of benzene rings is 6. The van der Waals surface area contributed by atoms with Gasteiger partial charge < -0.3 is 4.57 Å². The Hall–Kier alpha value is -5.51. The fourth-order valence-corrected chi connectivity index (χ4v) is 9.26. The highest BCUT2D eigenvalue weighted by Gasteiger charge is 2.30. The summed E-state index contributed by atoms with van der Waals surface area (Å²) in [5.41, 5.74) is 7.21. The molecule has 44 heavy (non-hydrogen) atoms. The summed E-state index contributed by atoms with van der Waals surface area (Å²) in [4.78, 5) is 10.4. The van der Waals surface area contributed by atoms with Crippen molar-refractivity contribution in [3.05, 3.63) is 152 Å². The first kappa shape index (κ1) is 25.0. The van der Waals surface area contributed by atoms with Crippen LogP contribution in [0.4, 0.5) is 0 Å². The minimum Gasteiger partial charge on any atom is -0.309 e. The molecule has 9 rings (SSSR count). The Balaban J connectivity index is 1.48. The lowest BCUT2D eigenvalue weighted by atomic mass is 10.1. The maximum absolute atomic E-state index is 15.2. The zero-order chi connectivity index (χ0) is 29.3. The SMILES string of the molecule is O=P(c1ccccc1)(c1ccccc1)c1ccc2c(c1)nc1c3nc4ccccc4n3c3ccccc3c3ccccc3n21. The molecule has 0 fully saturated rings. The van der Waals surface area contributed by atoms with E-state index in [2.05, 4.69) is 69.5 Å². The maximum atomic E-state index is 15.2. The van der Waals surface area contributed by atoms with Crippen LogP contribution in [0, 0.1) is 0 Å². The largest absolute Gasteiger partial charge is 0.309 e. The van der Waals surface area contributed by atoms with Gasteiger partial charge in [-0.05, 0) is 42.5 Å². The van der Waals surface area contributed by atoms with Crippen LogP contribution in [-0.4, -0.2) is 18.8 Å². The van der Waals surface area contributed by atoms with Gasteiger partial charge in [0, 0.05) is 26.7 Å². The summed E-state index contributed by atoms with van der Waals surface area (Å²) in [5, 5.41) is 4.57. The van der Waals surface area contributed by atoms with Gasteiger partial charge in [0.25, 0.3) is 0 Å². The summed E-state index contributed by atoms with van der Waals surface area (Å²) in [5.74, 6) is 0. The third-order valence-electron chi connectivity index (χ3n) is 8.58. The molecule has 9 aromatic rings. The first-order valence-corrected chi connectivity index (χ1v) is 16.3. The first-order valence-electron chi connectivity index (χ1n) is 14.6. The van der Waals surface area contributed by atoms with Crippen LogP contribution in [-0.2, 0) is 4.57 Å². The van der Waals surface area contributed by atoms with Gasteiger partial charge in [0.05, 0.1) is 33.1 Å². The Morgan fingerprint density at radius 2 is 0.864 bits per heavy atom. The smallest absolute Gasteiger partial charge is 0.182 e. The van der Waals surface area contributed by atoms with Crippen LogP contribution in [0.25, 0.3) is 55.2 Å². The van der Waals surface area contributed by atoms with Gasteiger partial charge in [-0.3, -0.25) is 8.80 Å². The Labute approximate surface area is 252 Å². The van der Waals surface area contributed by atoms with Crippen molar-refractivity contribution in [1.29, 1.82) is 0 Å². The quantitative estimate of drug-likeness (QED) is 0.199. The van der Waals surface area contributed by atoms with Crippen LogP contribution in [0.15, 0.2) is 152 Å². The molecule has 5 nitrogen and oxygen atoms in total. The molecule has 0 atom stereocenters. The molecule has 0 N–H and O–H groups in total. The summed E-state index contributed by atoms with van der Waals surface area (Å²) in [6.07, 6.45) is 0. The molecule has 0 aliphatic rings. The van der Waals surface area contributed by atoms with Crippen molar-refractivity contribution in [2.75, 3.05) is 0 Å². The van der Waals surface area contributed by atoms with E-state index >= 15 is 4.57 Å². The lowest BCUT2D eigenvalue weighted by molar-refractivity contribution is 0.592. The van der Waals surface area contributed by atoms with Crippen molar-refractivity contribution >= 4 is 78.2 Å². The van der Waals surface area contributed by atoms with Crippen molar-refractivity contribution in [1.82, 2.24) is 18.8 Å². The number of hydrogen-bond acceptors (Lipinski definition) is 3. The maximum Gasteiger partial charge on any atom is 0.182 e. The van der Waals surface area contributed by atoms with E-state index in [1.54, 1.807) is 0 Å². The van der Waals surface area contributed by atoms with Crippen molar-refractivity contribution < 1.29 is 4.57 Å². The predicted molar refractivity (Wildman–Crippen MR) is 182 cm³/mol. The number of nitrogens with zero attached hydrogens (tertiary/aromatic N) is 4. The predicted octanol–water partition coefficient (Wildman–Crippen LogP) is 7.80. The number of imidazole rings is 2. The lowest BCUT2D eigenvalue weighted by Gasteiger charge is -2.20. The Kier molecular flexibility index (Phi) is 5.40. The molecule has 0 spiro atoms. The fourth-order valence-electron chi connectivity index (χ4n) is 6.59. The van der Waals surface area contributed by atoms with E-state index in [0.717, 1.165) is 71.1 Å². The van der Waals surface area contributed by atoms with Gasteiger partial charge in [0.15, 0.2) is 18.4 Å². The molecule has 0 aliphatic heterocycles. The standard InChI is InChI=1S/C38H25N4OP/c43-44(26-13-3-1-4-14-26,27-15-5-2-6-16-27)28-23-24-36-32(25-28)40-38-37-39-31-19-9-12-22-35(31)41(37)33-20-10-7-17-29(33)30-18-8-11-21-34(30)42(36)38/h1-25H. The topological polar surface area (TPSA) is 51.7 Å². The average Bonchev–Trinajstić information content (AvgIpc) is 3.66. The number of para-hydroxylation sites is 4. The zero-order valence-corrected chi connectivity index (χ0v) is 24.5. The minimum absolute atomic E-state index is 0.740. The molecule has 0 unspecified atom stereocenters. The van der Waals surface area contributed by atoms with E-state index in [1.165, 1.54) is 0 Å². The van der Waals surface area contributed by atoms with E-state index in [4.69, 9.17) is 9.97 Å². The molecular formula is C38H25N4OP. The van der Waals surface area contributed by atoms with Crippen molar-refractivity contribution in [2.24, 2.45) is 0 Å². The van der Waals surface area contributed by atoms with Crippen LogP contribution >= 0.6 is 7.14 Å². The minimum atomic E-state index is -3.18. The molecule has 0 radical (unpaired) electrons. The third kappa shape index (κ3) is 3.51. The second-order valence-corrected chi connectivity index (χ2v) is 13.8. The molecule has 6 aromatic carbocycles. The van der Waals surface area contributed by atoms with Crippen LogP contribution in [0.5, 0.6) is 0 Å². The van der Waals surface area contributed by atoms with E-state index in [-0.39, 0.29) is 0 Å². The Morgan fingerprint density at radius 1 is 0.409 bits per heavy atom. The molecule has 0 saturated carbocycles. The summed E-state index contributed by atoms with van der Waals surface area (Å²) in [6, 6.07) is 50.8. The molecular weight excluding hydrogens is 559 g/mol. The van der Waals surface area contributed by atoms with Crippen LogP contribution < -0.4 is 15.9 Å². The molecule has 208 valence electrons. The van der Waals surface area contributed by atoms with Gasteiger partial charge >= 0.3 is 0 Å². The van der Waals surface area contributed by atoms with Gasteiger partial charge in [-0.2, -0.15) is 0 Å². The summed E-state index contributed by atoms with van der Waals surface area (Å²) in [6.45, 7) is 0. The summed E-state index contributed by atoms with van der Waals surface area (Å²) < 4.78 is 19.7. The van der Waals surface area contributed by atoms with Crippen molar-refractivity contribution in [3.63, 3.8) is 0 Å². The molecule has 0 bridgehead atoms. The van der Waals surface area contributed by atoms with E-state index in [1.807, 2.05) is 91.0 Å². The number of rotatable bonds is 3. The number of fused-ring (bicyclic) bond motifs is 12. The van der Waals surface area contributed by atoms with Gasteiger partial charge in [-0.25, -0.2) is 9.97 Å². The zero-order valence-electron chi connectivity index (χ0n) is 23.6. The lowest BCUT2D eigenvalue weighted by Crippen LogP contribution is -2.24. The van der Waals surface area contributed by atoms with Crippen LogP contribution in [0.2, 0.25) is 0 Å². The molecule has 0 aliphatic carbocycles. The van der Waals surface area contributed by atoms with E-state index < -0.39 is 7.14 Å². The Morgan fingerprint density at radius 3 is 1.45 bits per heavy atom. The average molecular weight is 585 g/mol. The summed E-state index contributed by atoms with van der Waals surface area (Å²) in [7, 11) is -3.18. The van der Waals surface area contributed by atoms with Crippen molar-refractivity contribution in [2.45, 2.75) is 0 Å². The second kappa shape index (κ2) is 9.50. The normalized spacial score (nSPS) is 12.2. The summed E-state index contributed by atoms with van der Waals surface area (Å²) >= 11 is 0. The number of hydrogen-bond donors (Lipinski definition) is 0. The van der Waals surface area contributed by atoms with Gasteiger partial charge in [0.1, 0.15) is 0 Å². The second-order valence-electron chi connectivity index (χ2n) is 11.0. The monoisotopic (exact) mass is 584 g/mol. The molecule has 0 saturated heterocycles. The highest BCUT2D eigenvalue weighted by atomic mass is 31.2. The molecule has 6 heteroatoms. The highest BCUT2D eigenvalue weighted by molar-refractivity contribution is 7.85. The van der Waals surface area contributed by atoms with Crippen LogP contribution in [0.3, 0.4) is 0 Å². The molecule has 3 aromatic heterocycles. The van der Waals surface area contributed by atoms with Crippen LogP contribution in [0.1, 0.15) is 0 Å². The van der Waals surface area contributed by atoms with E-state index in [9.17, 15) is 0 Å².